The molecule has 10 nitrogen and oxygen atoms in total. The first-order chi connectivity index (χ1) is 21.4. The molecule has 5 heterocycles. The van der Waals surface area contributed by atoms with Gasteiger partial charge in [0.15, 0.2) is 5.82 Å². The van der Waals surface area contributed by atoms with Gasteiger partial charge in [-0.1, -0.05) is 6.92 Å². The Morgan fingerprint density at radius 2 is 1.84 bits per heavy atom. The van der Waals surface area contributed by atoms with Crippen LogP contribution in [-0.4, -0.2) is 79.5 Å². The highest BCUT2D eigenvalue weighted by Crippen LogP contribution is 2.41. The van der Waals surface area contributed by atoms with Gasteiger partial charge in [0.2, 0.25) is 5.91 Å². The largest absolute Gasteiger partial charge is 0.494 e. The number of fused-ring (bicyclic) bond motifs is 4. The van der Waals surface area contributed by atoms with Crippen LogP contribution in [-0.2, 0) is 17.9 Å². The van der Waals surface area contributed by atoms with Gasteiger partial charge in [-0.3, -0.25) is 9.59 Å². The van der Waals surface area contributed by atoms with Crippen molar-refractivity contribution in [3.05, 3.63) is 42.1 Å². The van der Waals surface area contributed by atoms with Crippen molar-refractivity contribution in [3.8, 4) is 17.3 Å². The summed E-state index contributed by atoms with van der Waals surface area (Å²) in [5.41, 5.74) is 10.7. The summed E-state index contributed by atoms with van der Waals surface area (Å²) in [7, 11) is 1.66. The maximum atomic E-state index is 13.9. The normalized spacial score (nSPS) is 23.2. The minimum Gasteiger partial charge on any atom is -0.494 e. The molecule has 4 fully saturated rings. The number of rotatable bonds is 9. The van der Waals surface area contributed by atoms with Crippen molar-refractivity contribution in [2.75, 3.05) is 26.7 Å². The van der Waals surface area contributed by atoms with E-state index in [1.807, 2.05) is 41.1 Å². The van der Waals surface area contributed by atoms with Crippen molar-refractivity contribution >= 4 is 33.9 Å². The first-order valence-electron chi connectivity index (χ1n) is 16.3. The lowest BCUT2D eigenvalue weighted by Gasteiger charge is -2.40. The zero-order chi connectivity index (χ0) is 30.1. The van der Waals surface area contributed by atoms with Crippen LogP contribution < -0.4 is 10.5 Å². The van der Waals surface area contributed by atoms with Crippen molar-refractivity contribution in [3.63, 3.8) is 0 Å². The van der Waals surface area contributed by atoms with Crippen LogP contribution in [0.2, 0.25) is 0 Å². The SMILES string of the molecule is CCCC(=O)N1CC(Cn2c(-c3cc4cccnc4n3CC3CC3)nc3cc(C(=O)N4C[C@H]5CC[C@@H]4[C@@H]5N)cc(OC)c32)C1. The number of pyridine rings is 1. The predicted octanol–water partition coefficient (Wildman–Crippen LogP) is 4.29. The monoisotopic (exact) mass is 595 g/mol. The third-order valence-electron chi connectivity index (χ3n) is 10.4. The van der Waals surface area contributed by atoms with E-state index >= 15 is 0 Å². The number of ether oxygens (including phenoxy) is 1. The van der Waals surface area contributed by atoms with Crippen LogP contribution in [0.25, 0.3) is 33.6 Å². The second-order valence-corrected chi connectivity index (χ2v) is 13.4. The maximum Gasteiger partial charge on any atom is 0.254 e. The fraction of sp³-hybridized carbons (Fsp3) is 0.529. The Balaban J connectivity index is 1.23. The molecule has 0 radical (unpaired) electrons. The summed E-state index contributed by atoms with van der Waals surface area (Å²) in [4.78, 5) is 40.4. The molecule has 2 bridgehead atoms. The molecule has 1 aromatic carbocycles. The van der Waals surface area contributed by atoms with Gasteiger partial charge in [0.25, 0.3) is 5.91 Å². The van der Waals surface area contributed by atoms with Gasteiger partial charge in [-0.15, -0.1) is 0 Å². The molecule has 3 atom stereocenters. The van der Waals surface area contributed by atoms with E-state index in [1.54, 1.807) is 7.11 Å². The molecule has 10 heteroatoms. The third kappa shape index (κ3) is 4.48. The maximum absolute atomic E-state index is 13.9. The van der Waals surface area contributed by atoms with Crippen LogP contribution in [0.15, 0.2) is 36.5 Å². The number of amides is 2. The third-order valence-corrected chi connectivity index (χ3v) is 10.4. The lowest BCUT2D eigenvalue weighted by atomic mass is 9.99. The predicted molar refractivity (Wildman–Crippen MR) is 168 cm³/mol. The number of methoxy groups -OCH3 is 1. The number of hydrogen-bond donors (Lipinski definition) is 1. The fourth-order valence-corrected chi connectivity index (χ4v) is 7.87. The van der Waals surface area contributed by atoms with Crippen molar-refractivity contribution in [2.45, 2.75) is 70.6 Å². The van der Waals surface area contributed by atoms with Gasteiger partial charge < -0.3 is 29.4 Å². The number of aromatic nitrogens is 4. The summed E-state index contributed by atoms with van der Waals surface area (Å²) < 4.78 is 10.6. The van der Waals surface area contributed by atoms with Crippen molar-refractivity contribution in [1.82, 2.24) is 28.9 Å². The highest BCUT2D eigenvalue weighted by Gasteiger charge is 2.47. The van der Waals surface area contributed by atoms with Gasteiger partial charge in [0.05, 0.1) is 18.3 Å². The zero-order valence-electron chi connectivity index (χ0n) is 25.6. The standard InChI is InChI=1S/C34H41N7O3/c1-3-5-29(42)38-15-21(16-38)18-41-31-25(12-24(14-28(31)44-2)34(43)40-19-23-9-10-26(40)30(23)35)37-33(41)27-13-22-6-4-11-36-32(22)39(27)17-20-7-8-20/h4,6,11-14,20-21,23,26,30H,3,5,7-10,15-19,35H2,1-2H3/t23-,26-,30-/m1/s1. The molecular weight excluding hydrogens is 554 g/mol. The van der Waals surface area contributed by atoms with Crippen LogP contribution in [0.1, 0.15) is 55.8 Å². The Morgan fingerprint density at radius 1 is 1.02 bits per heavy atom. The molecular formula is C34H41N7O3. The van der Waals surface area contributed by atoms with Gasteiger partial charge in [-0.2, -0.15) is 0 Å². The number of imidazole rings is 1. The highest BCUT2D eigenvalue weighted by molar-refractivity contribution is 6.00. The summed E-state index contributed by atoms with van der Waals surface area (Å²) >= 11 is 0. The second-order valence-electron chi connectivity index (χ2n) is 13.4. The molecule has 3 aromatic heterocycles. The van der Waals surface area contributed by atoms with Crippen molar-refractivity contribution in [2.24, 2.45) is 23.5 Å². The minimum absolute atomic E-state index is 0.0000632. The van der Waals surface area contributed by atoms with Gasteiger partial charge in [0, 0.05) is 74.3 Å². The average molecular weight is 596 g/mol. The Hall–Kier alpha value is -3.92. The van der Waals surface area contributed by atoms with E-state index in [0.29, 0.717) is 48.6 Å². The Labute approximate surface area is 257 Å². The van der Waals surface area contributed by atoms with Crippen LogP contribution in [0.4, 0.5) is 0 Å². The molecule has 2 N–H and O–H groups in total. The summed E-state index contributed by atoms with van der Waals surface area (Å²) in [6, 6.07) is 10.3. The molecule has 0 unspecified atom stereocenters. The van der Waals surface area contributed by atoms with Crippen LogP contribution in [0.5, 0.6) is 5.75 Å². The molecule has 44 heavy (non-hydrogen) atoms. The average Bonchev–Trinajstić information content (AvgIpc) is 3.36. The lowest BCUT2D eigenvalue weighted by molar-refractivity contribution is -0.137. The summed E-state index contributed by atoms with van der Waals surface area (Å²) in [5.74, 6) is 3.05. The first-order valence-corrected chi connectivity index (χ1v) is 16.3. The topological polar surface area (TPSA) is 112 Å². The van der Waals surface area contributed by atoms with Gasteiger partial charge >= 0.3 is 0 Å². The second kappa shape index (κ2) is 10.6. The first kappa shape index (κ1) is 27.6. The van der Waals surface area contributed by atoms with E-state index < -0.39 is 0 Å². The molecule has 8 rings (SSSR count). The fourth-order valence-electron chi connectivity index (χ4n) is 7.87. The molecule has 4 aromatic rings. The molecule has 2 aliphatic heterocycles. The number of hydrogen-bond acceptors (Lipinski definition) is 6. The summed E-state index contributed by atoms with van der Waals surface area (Å²) in [5, 5.41) is 1.09. The Morgan fingerprint density at radius 3 is 2.55 bits per heavy atom. The van der Waals surface area contributed by atoms with E-state index in [2.05, 4.69) is 21.3 Å². The van der Waals surface area contributed by atoms with Gasteiger partial charge in [-0.05, 0) is 74.3 Å². The highest BCUT2D eigenvalue weighted by atomic mass is 16.5. The molecule has 2 aliphatic carbocycles. The summed E-state index contributed by atoms with van der Waals surface area (Å²) in [6.45, 7) is 5.84. The zero-order valence-corrected chi connectivity index (χ0v) is 25.6. The molecule has 4 aliphatic rings. The number of carbonyl (C=O) groups excluding carboxylic acids is 2. The molecule has 2 amide bonds. The molecule has 0 spiro atoms. The number of carbonyl (C=O) groups is 2. The van der Waals surface area contributed by atoms with Crippen LogP contribution in [0, 0.1) is 17.8 Å². The van der Waals surface area contributed by atoms with E-state index in [1.165, 1.54) is 12.8 Å². The van der Waals surface area contributed by atoms with Crippen molar-refractivity contribution < 1.29 is 14.3 Å². The number of likely N-dealkylation sites (tertiary alicyclic amines) is 2. The van der Waals surface area contributed by atoms with Crippen LogP contribution >= 0.6 is 0 Å². The van der Waals surface area contributed by atoms with Crippen LogP contribution in [0.3, 0.4) is 0 Å². The lowest BCUT2D eigenvalue weighted by Crippen LogP contribution is -2.51. The molecule has 2 saturated heterocycles. The number of nitrogens with two attached hydrogens (primary N) is 1. The van der Waals surface area contributed by atoms with E-state index in [0.717, 1.165) is 72.5 Å². The quantitative estimate of drug-likeness (QED) is 0.309. The molecule has 2 saturated carbocycles. The smallest absolute Gasteiger partial charge is 0.254 e. The number of piperidine rings is 1. The van der Waals surface area contributed by atoms with E-state index in [-0.39, 0.29) is 23.9 Å². The Bertz CT molecular complexity index is 1770. The molecule has 230 valence electrons. The van der Waals surface area contributed by atoms with E-state index in [9.17, 15) is 9.59 Å². The minimum atomic E-state index is 0.0000632. The van der Waals surface area contributed by atoms with Gasteiger partial charge in [0.1, 0.15) is 16.9 Å². The number of nitrogens with zero attached hydrogens (tertiary/aromatic N) is 6. The Kier molecular flexibility index (Phi) is 6.66. The summed E-state index contributed by atoms with van der Waals surface area (Å²) in [6.07, 6.45) is 7.83. The van der Waals surface area contributed by atoms with Crippen molar-refractivity contribution in [1.29, 1.82) is 0 Å². The van der Waals surface area contributed by atoms with E-state index in [4.69, 9.17) is 20.4 Å². The van der Waals surface area contributed by atoms with Gasteiger partial charge in [-0.25, -0.2) is 9.97 Å². The number of benzene rings is 1.